The van der Waals surface area contributed by atoms with E-state index in [2.05, 4.69) is 66.1 Å². The van der Waals surface area contributed by atoms with Gasteiger partial charge in [0.15, 0.2) is 0 Å². The van der Waals surface area contributed by atoms with Crippen LogP contribution in [0.25, 0.3) is 0 Å². The molecule has 3 aromatic rings. The smallest absolute Gasteiger partial charge is 0.259 e. The molecule has 0 radical (unpaired) electrons. The molecule has 0 N–H and O–H groups in total. The molecular weight excluding hydrogens is 348 g/mol. The first-order valence-corrected chi connectivity index (χ1v) is 9.63. The van der Waals surface area contributed by atoms with Gasteiger partial charge in [-0.1, -0.05) is 48.0 Å². The van der Waals surface area contributed by atoms with Gasteiger partial charge in [-0.3, -0.25) is 19.2 Å². The van der Waals surface area contributed by atoms with E-state index >= 15 is 0 Å². The predicted molar refractivity (Wildman–Crippen MR) is 113 cm³/mol. The Morgan fingerprint density at radius 3 is 2.43 bits per heavy atom. The van der Waals surface area contributed by atoms with Gasteiger partial charge in [-0.15, -0.1) is 0 Å². The van der Waals surface area contributed by atoms with Gasteiger partial charge in [-0.25, -0.2) is 4.98 Å². The third kappa shape index (κ3) is 3.34. The quantitative estimate of drug-likeness (QED) is 0.694. The van der Waals surface area contributed by atoms with Gasteiger partial charge in [0.2, 0.25) is 5.95 Å². The molecule has 1 aliphatic heterocycles. The molecule has 28 heavy (non-hydrogen) atoms. The number of aromatic nitrogens is 2. The Morgan fingerprint density at radius 2 is 1.71 bits per heavy atom. The number of benzene rings is 2. The maximum absolute atomic E-state index is 13.0. The van der Waals surface area contributed by atoms with Crippen molar-refractivity contribution in [3.8, 4) is 0 Å². The molecule has 0 spiro atoms. The van der Waals surface area contributed by atoms with Crippen LogP contribution in [0.3, 0.4) is 0 Å². The molecule has 0 bridgehead atoms. The second-order valence-electron chi connectivity index (χ2n) is 7.67. The van der Waals surface area contributed by atoms with Gasteiger partial charge in [0.25, 0.3) is 5.56 Å². The van der Waals surface area contributed by atoms with E-state index in [1.54, 1.807) is 4.57 Å². The lowest BCUT2D eigenvalue weighted by Gasteiger charge is -2.39. The average Bonchev–Trinajstić information content (AvgIpc) is 2.67. The fraction of sp³-hybridized carbons (Fsp3) is 0.304. The average molecular weight is 374 g/mol. The van der Waals surface area contributed by atoms with E-state index in [0.717, 1.165) is 23.9 Å². The molecule has 0 aliphatic carbocycles. The predicted octanol–water partition coefficient (Wildman–Crippen LogP) is 4.05. The number of anilines is 2. The first-order chi connectivity index (χ1) is 13.4. The molecule has 0 fully saturated rings. The summed E-state index contributed by atoms with van der Waals surface area (Å²) in [6.45, 7) is 9.98. The van der Waals surface area contributed by atoms with Gasteiger partial charge in [0.1, 0.15) is 0 Å². The maximum Gasteiger partial charge on any atom is 0.259 e. The van der Waals surface area contributed by atoms with Gasteiger partial charge >= 0.3 is 0 Å². The van der Waals surface area contributed by atoms with E-state index in [4.69, 9.17) is 4.98 Å². The van der Waals surface area contributed by atoms with Crippen LogP contribution in [0.4, 0.5) is 11.6 Å². The Kier molecular flexibility index (Phi) is 4.77. The van der Waals surface area contributed by atoms with Crippen molar-refractivity contribution < 1.29 is 0 Å². The minimum atomic E-state index is 0.0371. The van der Waals surface area contributed by atoms with Crippen LogP contribution >= 0.6 is 0 Å². The Balaban J connectivity index is 1.81. The second-order valence-corrected chi connectivity index (χ2v) is 7.67. The van der Waals surface area contributed by atoms with Crippen molar-refractivity contribution in [2.24, 2.45) is 0 Å². The topological polar surface area (TPSA) is 41.4 Å². The Morgan fingerprint density at radius 1 is 0.964 bits per heavy atom. The third-order valence-electron chi connectivity index (χ3n) is 5.43. The molecule has 0 atom stereocenters. The second kappa shape index (κ2) is 7.24. The van der Waals surface area contributed by atoms with Crippen molar-refractivity contribution in [3.63, 3.8) is 0 Å². The minimum absolute atomic E-state index is 0.0371. The van der Waals surface area contributed by atoms with E-state index in [1.807, 2.05) is 19.9 Å². The Labute approximate surface area is 165 Å². The van der Waals surface area contributed by atoms with Crippen LogP contribution in [0.1, 0.15) is 27.9 Å². The number of fused-ring (bicyclic) bond motifs is 1. The molecule has 2 heterocycles. The van der Waals surface area contributed by atoms with Gasteiger partial charge in [-0.2, -0.15) is 0 Å². The normalized spacial score (nSPS) is 14.2. The molecular formula is C23H26N4O. The van der Waals surface area contributed by atoms with Crippen LogP contribution in [0.2, 0.25) is 0 Å². The monoisotopic (exact) mass is 374 g/mol. The Bertz CT molecular complexity index is 1070. The number of hydrogen-bond acceptors (Lipinski definition) is 4. The highest BCUT2D eigenvalue weighted by atomic mass is 16.1. The van der Waals surface area contributed by atoms with Crippen molar-refractivity contribution >= 4 is 11.6 Å². The van der Waals surface area contributed by atoms with Gasteiger partial charge in [-0.05, 0) is 44.9 Å². The molecule has 5 nitrogen and oxygen atoms in total. The summed E-state index contributed by atoms with van der Waals surface area (Å²) in [4.78, 5) is 22.3. The summed E-state index contributed by atoms with van der Waals surface area (Å²) < 4.78 is 1.80. The first-order valence-electron chi connectivity index (χ1n) is 9.63. The molecule has 1 aliphatic rings. The van der Waals surface area contributed by atoms with Gasteiger partial charge in [0, 0.05) is 23.5 Å². The van der Waals surface area contributed by atoms with Crippen LogP contribution in [0.15, 0.2) is 53.3 Å². The van der Waals surface area contributed by atoms with Crippen molar-refractivity contribution in [2.45, 2.75) is 40.9 Å². The molecule has 0 amide bonds. The highest BCUT2D eigenvalue weighted by Crippen LogP contribution is 2.31. The van der Waals surface area contributed by atoms with E-state index < -0.39 is 0 Å². The van der Waals surface area contributed by atoms with Crippen LogP contribution in [0.5, 0.6) is 0 Å². The summed E-state index contributed by atoms with van der Waals surface area (Å²) in [6, 6.07) is 16.8. The highest BCUT2D eigenvalue weighted by molar-refractivity contribution is 5.63. The molecule has 2 aromatic carbocycles. The lowest BCUT2D eigenvalue weighted by atomic mass is 10.1. The van der Waals surface area contributed by atoms with Crippen molar-refractivity contribution in [2.75, 3.05) is 11.6 Å². The molecule has 0 saturated carbocycles. The van der Waals surface area contributed by atoms with Crippen LogP contribution < -0.4 is 10.5 Å². The lowest BCUT2D eigenvalue weighted by Crippen LogP contribution is -2.47. The number of hydrogen-bond donors (Lipinski definition) is 0. The number of nitrogens with zero attached hydrogens (tertiary/aromatic N) is 4. The van der Waals surface area contributed by atoms with Crippen LogP contribution in [0, 0.1) is 27.7 Å². The zero-order valence-corrected chi connectivity index (χ0v) is 16.9. The Hall–Kier alpha value is -2.92. The lowest BCUT2D eigenvalue weighted by molar-refractivity contribution is 0.190. The fourth-order valence-corrected chi connectivity index (χ4v) is 3.82. The number of rotatable bonds is 3. The standard InChI is InChI=1S/C23H26N4O/c1-16-10-11-21(17(2)12-16)26-14-25(13-20-8-6-5-7-9-20)15-27-22(28)18(3)19(4)24-23(26)27/h5-12H,13-15H2,1-4H3. The zero-order valence-electron chi connectivity index (χ0n) is 16.9. The summed E-state index contributed by atoms with van der Waals surface area (Å²) in [6.07, 6.45) is 0. The highest BCUT2D eigenvalue weighted by Gasteiger charge is 2.28. The van der Waals surface area contributed by atoms with E-state index in [1.165, 1.54) is 16.7 Å². The first kappa shape index (κ1) is 18.4. The van der Waals surface area contributed by atoms with Gasteiger partial charge < -0.3 is 0 Å². The summed E-state index contributed by atoms with van der Waals surface area (Å²) in [5, 5.41) is 0. The third-order valence-corrected chi connectivity index (χ3v) is 5.43. The van der Waals surface area contributed by atoms with Crippen molar-refractivity contribution in [3.05, 3.63) is 86.8 Å². The van der Waals surface area contributed by atoms with E-state index in [0.29, 0.717) is 18.9 Å². The zero-order chi connectivity index (χ0) is 19.8. The largest absolute Gasteiger partial charge is 0.298 e. The van der Waals surface area contributed by atoms with Crippen LogP contribution in [-0.2, 0) is 13.2 Å². The molecule has 0 saturated heterocycles. The SMILES string of the molecule is Cc1ccc(N2CN(Cc3ccccc3)Cn3c2nc(C)c(C)c3=O)c(C)c1. The summed E-state index contributed by atoms with van der Waals surface area (Å²) in [7, 11) is 0. The fourth-order valence-electron chi connectivity index (χ4n) is 3.82. The van der Waals surface area contributed by atoms with Crippen molar-refractivity contribution in [1.29, 1.82) is 0 Å². The van der Waals surface area contributed by atoms with Crippen LogP contribution in [-0.4, -0.2) is 21.1 Å². The van der Waals surface area contributed by atoms with Crippen molar-refractivity contribution in [1.82, 2.24) is 14.5 Å². The van der Waals surface area contributed by atoms with E-state index in [-0.39, 0.29) is 5.56 Å². The maximum atomic E-state index is 13.0. The molecule has 0 unspecified atom stereocenters. The number of aryl methyl sites for hydroxylation is 3. The molecule has 1 aromatic heterocycles. The van der Waals surface area contributed by atoms with E-state index in [9.17, 15) is 4.79 Å². The molecule has 4 rings (SSSR count). The summed E-state index contributed by atoms with van der Waals surface area (Å²) in [5.74, 6) is 0.726. The summed E-state index contributed by atoms with van der Waals surface area (Å²) in [5.41, 5.74) is 6.28. The minimum Gasteiger partial charge on any atom is -0.298 e. The molecule has 5 heteroatoms. The summed E-state index contributed by atoms with van der Waals surface area (Å²) >= 11 is 0. The van der Waals surface area contributed by atoms with Gasteiger partial charge in [0.05, 0.1) is 13.3 Å². The molecule has 144 valence electrons.